The van der Waals surface area contributed by atoms with Crippen molar-refractivity contribution in [3.05, 3.63) is 33.8 Å². The summed E-state index contributed by atoms with van der Waals surface area (Å²) < 4.78 is 1.49. The molecule has 11 heavy (non-hydrogen) atoms. The molecule has 0 atom stereocenters. The van der Waals surface area contributed by atoms with Crippen LogP contribution in [0.25, 0.3) is 0 Å². The minimum absolute atomic E-state index is 0.524. The van der Waals surface area contributed by atoms with Crippen LogP contribution in [0.3, 0.4) is 0 Å². The van der Waals surface area contributed by atoms with Gasteiger partial charge in [-0.25, -0.2) is 0 Å². The monoisotopic (exact) mass is 278 g/mol. The van der Waals surface area contributed by atoms with Crippen LogP contribution >= 0.6 is 31.9 Å². The van der Waals surface area contributed by atoms with E-state index < -0.39 is 0 Å². The number of halogens is 2. The lowest BCUT2D eigenvalue weighted by Gasteiger charge is -1.98. The highest BCUT2D eigenvalue weighted by Crippen LogP contribution is 2.20. The molecule has 0 saturated heterocycles. The summed E-state index contributed by atoms with van der Waals surface area (Å²) in [4.78, 5) is 10.4. The maximum absolute atomic E-state index is 10.4. The molecule has 0 unspecified atom stereocenters. The molecule has 0 spiro atoms. The third-order valence-electron chi connectivity index (χ3n) is 1.01. The molecule has 0 fully saturated rings. The number of hydrogen-bond acceptors (Lipinski definition) is 1. The highest BCUT2D eigenvalue weighted by molar-refractivity contribution is 9.12. The molecule has 0 saturated carbocycles. The lowest BCUT2D eigenvalue weighted by atomic mass is 10.2. The van der Waals surface area contributed by atoms with Gasteiger partial charge in [-0.05, 0) is 4.48 Å². The van der Waals surface area contributed by atoms with Crippen LogP contribution in [0.15, 0.2) is 33.8 Å². The van der Waals surface area contributed by atoms with E-state index in [4.69, 9.17) is 0 Å². The number of hydrogen-bond donors (Lipinski definition) is 0. The number of allylic oxidation sites excluding steroid dienone is 4. The summed E-state index contributed by atoms with van der Waals surface area (Å²) in [5.74, 6) is 0. The topological polar surface area (TPSA) is 17.1 Å². The highest BCUT2D eigenvalue weighted by Gasteiger charge is 2.00. The van der Waals surface area contributed by atoms with Gasteiger partial charge in [0.15, 0.2) is 0 Å². The van der Waals surface area contributed by atoms with E-state index >= 15 is 0 Å². The van der Waals surface area contributed by atoms with Gasteiger partial charge in [-0.1, -0.05) is 51.1 Å². The van der Waals surface area contributed by atoms with E-state index in [2.05, 4.69) is 45.0 Å². The zero-order valence-corrected chi connectivity index (χ0v) is 9.11. The van der Waals surface area contributed by atoms with Gasteiger partial charge in [0.1, 0.15) is 6.29 Å². The standard InChI is InChI=1S/C8H8Br2O/c1-3-8(10)7(5-11)4-6(2)9/h3,5H,1-2,4H2/b8-7-. The first kappa shape index (κ1) is 10.8. The fourth-order valence-electron chi connectivity index (χ4n) is 0.520. The van der Waals surface area contributed by atoms with Crippen LogP contribution in [0.4, 0.5) is 0 Å². The molecule has 0 aliphatic carbocycles. The Labute approximate surface area is 83.1 Å². The molecule has 0 aliphatic heterocycles. The molecule has 0 aliphatic rings. The minimum Gasteiger partial charge on any atom is -0.298 e. The average molecular weight is 280 g/mol. The van der Waals surface area contributed by atoms with Crippen molar-refractivity contribution < 1.29 is 4.79 Å². The smallest absolute Gasteiger partial charge is 0.147 e. The Balaban J connectivity index is 4.51. The molecule has 0 aromatic heterocycles. The molecule has 0 aromatic rings. The Morgan fingerprint density at radius 3 is 2.27 bits per heavy atom. The van der Waals surface area contributed by atoms with E-state index in [0.717, 1.165) is 10.8 Å². The van der Waals surface area contributed by atoms with E-state index in [9.17, 15) is 4.79 Å². The van der Waals surface area contributed by atoms with Crippen LogP contribution in [-0.4, -0.2) is 6.29 Å². The lowest BCUT2D eigenvalue weighted by Crippen LogP contribution is -1.86. The largest absolute Gasteiger partial charge is 0.298 e. The second-order valence-electron chi connectivity index (χ2n) is 1.89. The van der Waals surface area contributed by atoms with E-state index in [1.54, 1.807) is 6.08 Å². The van der Waals surface area contributed by atoms with Gasteiger partial charge in [-0.2, -0.15) is 0 Å². The third kappa shape index (κ3) is 4.32. The molecule has 0 radical (unpaired) electrons. The van der Waals surface area contributed by atoms with Gasteiger partial charge in [0.05, 0.1) is 0 Å². The first-order valence-electron chi connectivity index (χ1n) is 2.91. The van der Waals surface area contributed by atoms with Gasteiger partial charge >= 0.3 is 0 Å². The SMILES string of the molecule is C=C/C(Br)=C(/C=O)CC(=C)Br. The Hall–Kier alpha value is -0.150. The second kappa shape index (κ2) is 5.49. The van der Waals surface area contributed by atoms with Crippen LogP contribution in [0, 0.1) is 0 Å². The van der Waals surface area contributed by atoms with E-state index in [1.165, 1.54) is 0 Å². The zero-order valence-electron chi connectivity index (χ0n) is 5.94. The summed E-state index contributed by atoms with van der Waals surface area (Å²) in [6.45, 7) is 7.16. The van der Waals surface area contributed by atoms with Crippen LogP contribution < -0.4 is 0 Å². The van der Waals surface area contributed by atoms with Crippen molar-refractivity contribution in [2.45, 2.75) is 6.42 Å². The lowest BCUT2D eigenvalue weighted by molar-refractivity contribution is -0.105. The van der Waals surface area contributed by atoms with Crippen molar-refractivity contribution in [2.75, 3.05) is 0 Å². The van der Waals surface area contributed by atoms with E-state index in [1.807, 2.05) is 0 Å². The molecular formula is C8H8Br2O. The molecule has 0 aromatic carbocycles. The summed E-state index contributed by atoms with van der Waals surface area (Å²) >= 11 is 6.37. The highest BCUT2D eigenvalue weighted by atomic mass is 79.9. The van der Waals surface area contributed by atoms with Gasteiger partial charge in [-0.3, -0.25) is 4.79 Å². The molecule has 0 amide bonds. The fraction of sp³-hybridized carbons (Fsp3) is 0.125. The van der Waals surface area contributed by atoms with Crippen molar-refractivity contribution in [2.24, 2.45) is 0 Å². The van der Waals surface area contributed by atoms with Gasteiger partial charge in [0, 0.05) is 16.5 Å². The summed E-state index contributed by atoms with van der Waals surface area (Å²) in [7, 11) is 0. The molecule has 1 nitrogen and oxygen atoms in total. The number of carbonyl (C=O) groups is 1. The summed E-state index contributed by atoms with van der Waals surface area (Å²) in [6.07, 6.45) is 2.90. The zero-order chi connectivity index (χ0) is 8.85. The van der Waals surface area contributed by atoms with E-state index in [0.29, 0.717) is 16.5 Å². The molecule has 60 valence electrons. The number of rotatable bonds is 4. The molecule has 3 heteroatoms. The first-order valence-corrected chi connectivity index (χ1v) is 4.50. The van der Waals surface area contributed by atoms with Gasteiger partial charge < -0.3 is 0 Å². The molecule has 0 rings (SSSR count). The minimum atomic E-state index is 0.524. The Morgan fingerprint density at radius 2 is 2.00 bits per heavy atom. The van der Waals surface area contributed by atoms with Crippen molar-refractivity contribution in [1.29, 1.82) is 0 Å². The Kier molecular flexibility index (Phi) is 5.42. The van der Waals surface area contributed by atoms with Gasteiger partial charge in [-0.15, -0.1) is 0 Å². The third-order valence-corrected chi connectivity index (χ3v) is 2.12. The molecular weight excluding hydrogens is 272 g/mol. The van der Waals surface area contributed by atoms with Gasteiger partial charge in [0.2, 0.25) is 0 Å². The maximum Gasteiger partial charge on any atom is 0.147 e. The number of carbonyl (C=O) groups excluding carboxylic acids is 1. The Morgan fingerprint density at radius 1 is 1.45 bits per heavy atom. The van der Waals surface area contributed by atoms with Crippen molar-refractivity contribution >= 4 is 38.1 Å². The van der Waals surface area contributed by atoms with Gasteiger partial charge in [0.25, 0.3) is 0 Å². The molecule has 0 N–H and O–H groups in total. The summed E-state index contributed by atoms with van der Waals surface area (Å²) in [5.41, 5.74) is 0.641. The fourth-order valence-corrected chi connectivity index (χ4v) is 1.06. The predicted molar refractivity (Wildman–Crippen MR) is 54.9 cm³/mol. The van der Waals surface area contributed by atoms with Crippen LogP contribution in [0.2, 0.25) is 0 Å². The predicted octanol–water partition coefficient (Wildman–Crippen LogP) is 3.32. The first-order chi connectivity index (χ1) is 5.11. The Bertz CT molecular complexity index is 216. The number of aldehydes is 1. The van der Waals surface area contributed by atoms with Crippen LogP contribution in [-0.2, 0) is 4.79 Å². The summed E-state index contributed by atoms with van der Waals surface area (Å²) in [5, 5.41) is 0. The van der Waals surface area contributed by atoms with Crippen molar-refractivity contribution in [3.63, 3.8) is 0 Å². The quantitative estimate of drug-likeness (QED) is 0.438. The second-order valence-corrected chi connectivity index (χ2v) is 3.86. The van der Waals surface area contributed by atoms with Crippen LogP contribution in [0.1, 0.15) is 6.42 Å². The van der Waals surface area contributed by atoms with Crippen LogP contribution in [0.5, 0.6) is 0 Å². The average Bonchev–Trinajstić information content (AvgIpc) is 1.98. The van der Waals surface area contributed by atoms with E-state index in [-0.39, 0.29) is 0 Å². The van der Waals surface area contributed by atoms with Crippen molar-refractivity contribution in [3.8, 4) is 0 Å². The summed E-state index contributed by atoms with van der Waals surface area (Å²) in [6, 6.07) is 0. The molecule has 0 heterocycles. The normalized spacial score (nSPS) is 11.8. The maximum atomic E-state index is 10.4. The van der Waals surface area contributed by atoms with Crippen molar-refractivity contribution in [1.82, 2.24) is 0 Å². The molecule has 0 bridgehead atoms.